The van der Waals surface area contributed by atoms with Gasteiger partial charge in [0.1, 0.15) is 11.6 Å². The number of rotatable bonds is 4. The van der Waals surface area contributed by atoms with Gasteiger partial charge in [-0.25, -0.2) is 0 Å². The maximum absolute atomic E-state index is 5.21. The number of aryl methyl sites for hydroxylation is 4. The summed E-state index contributed by atoms with van der Waals surface area (Å²) >= 11 is 1.64. The zero-order valence-electron chi connectivity index (χ0n) is 13.1. The molecule has 0 spiro atoms. The van der Waals surface area contributed by atoms with Crippen molar-refractivity contribution in [2.24, 2.45) is 0 Å². The molecule has 114 valence electrons. The van der Waals surface area contributed by atoms with Crippen LogP contribution in [0.1, 0.15) is 28.4 Å². The van der Waals surface area contributed by atoms with E-state index in [4.69, 9.17) is 4.52 Å². The first-order chi connectivity index (χ1) is 10.6. The molecule has 0 atom stereocenters. The molecule has 22 heavy (non-hydrogen) atoms. The van der Waals surface area contributed by atoms with E-state index in [0.29, 0.717) is 0 Å². The van der Waals surface area contributed by atoms with E-state index in [1.54, 1.807) is 11.8 Å². The van der Waals surface area contributed by atoms with Crippen LogP contribution in [-0.4, -0.2) is 19.9 Å². The Balaban J connectivity index is 1.90. The van der Waals surface area contributed by atoms with E-state index in [-0.39, 0.29) is 0 Å². The fourth-order valence-electron chi connectivity index (χ4n) is 2.35. The van der Waals surface area contributed by atoms with E-state index in [1.165, 1.54) is 5.56 Å². The van der Waals surface area contributed by atoms with Crippen LogP contribution in [0.15, 0.2) is 33.9 Å². The first-order valence-electron chi connectivity index (χ1n) is 7.10. The van der Waals surface area contributed by atoms with Crippen molar-refractivity contribution >= 4 is 11.8 Å². The monoisotopic (exact) mass is 314 g/mol. The van der Waals surface area contributed by atoms with Gasteiger partial charge in [0.15, 0.2) is 5.16 Å². The van der Waals surface area contributed by atoms with Gasteiger partial charge in [-0.05, 0) is 45.4 Å². The van der Waals surface area contributed by atoms with Crippen molar-refractivity contribution in [3.8, 4) is 5.69 Å². The van der Waals surface area contributed by atoms with Crippen LogP contribution in [0.25, 0.3) is 5.69 Å². The van der Waals surface area contributed by atoms with Crippen molar-refractivity contribution in [3.05, 3.63) is 52.7 Å². The topological polar surface area (TPSA) is 56.7 Å². The van der Waals surface area contributed by atoms with Gasteiger partial charge in [0.25, 0.3) is 0 Å². The third kappa shape index (κ3) is 2.78. The lowest BCUT2D eigenvalue weighted by Crippen LogP contribution is -1.99. The summed E-state index contributed by atoms with van der Waals surface area (Å²) < 4.78 is 7.29. The highest BCUT2D eigenvalue weighted by molar-refractivity contribution is 7.98. The molecule has 2 heterocycles. The molecular formula is C16H18N4OS. The van der Waals surface area contributed by atoms with E-state index in [9.17, 15) is 0 Å². The summed E-state index contributed by atoms with van der Waals surface area (Å²) in [4.78, 5) is 0. The fraction of sp³-hybridized carbons (Fsp3) is 0.312. The van der Waals surface area contributed by atoms with Crippen LogP contribution in [0, 0.1) is 27.7 Å². The molecule has 3 rings (SSSR count). The molecule has 5 nitrogen and oxygen atoms in total. The van der Waals surface area contributed by atoms with Gasteiger partial charge < -0.3 is 4.52 Å². The molecule has 0 aliphatic rings. The van der Waals surface area contributed by atoms with Gasteiger partial charge in [-0.15, -0.1) is 10.2 Å². The predicted molar refractivity (Wildman–Crippen MR) is 86.4 cm³/mol. The molecule has 3 aromatic rings. The Morgan fingerprint density at radius 1 is 1.14 bits per heavy atom. The van der Waals surface area contributed by atoms with Gasteiger partial charge in [-0.2, -0.15) is 0 Å². The minimum atomic E-state index is 0.769. The first kappa shape index (κ1) is 14.8. The van der Waals surface area contributed by atoms with Crippen molar-refractivity contribution in [2.75, 3.05) is 0 Å². The Morgan fingerprint density at radius 3 is 2.64 bits per heavy atom. The highest BCUT2D eigenvalue weighted by atomic mass is 32.2. The number of hydrogen-bond donors (Lipinski definition) is 0. The predicted octanol–water partition coefficient (Wildman–Crippen LogP) is 3.78. The van der Waals surface area contributed by atoms with Crippen LogP contribution in [0.5, 0.6) is 0 Å². The molecule has 2 aromatic heterocycles. The molecule has 0 N–H and O–H groups in total. The molecule has 0 bridgehead atoms. The minimum Gasteiger partial charge on any atom is -0.361 e. The van der Waals surface area contributed by atoms with Gasteiger partial charge in [-0.1, -0.05) is 29.1 Å². The zero-order chi connectivity index (χ0) is 15.7. The van der Waals surface area contributed by atoms with Gasteiger partial charge in [0.05, 0.1) is 5.69 Å². The van der Waals surface area contributed by atoms with Crippen LogP contribution < -0.4 is 0 Å². The SMILES string of the molecule is Cc1cccc(-n2c(C)nnc2SCc2c(C)noc2C)c1. The lowest BCUT2D eigenvalue weighted by molar-refractivity contribution is 0.392. The summed E-state index contributed by atoms with van der Waals surface area (Å²) in [5.74, 6) is 2.51. The van der Waals surface area contributed by atoms with Crippen molar-refractivity contribution in [1.82, 2.24) is 19.9 Å². The van der Waals surface area contributed by atoms with Crippen molar-refractivity contribution in [3.63, 3.8) is 0 Å². The van der Waals surface area contributed by atoms with Gasteiger partial charge in [0, 0.05) is 17.0 Å². The lowest BCUT2D eigenvalue weighted by Gasteiger charge is -2.09. The second-order valence-electron chi connectivity index (χ2n) is 5.30. The largest absolute Gasteiger partial charge is 0.361 e. The normalized spacial score (nSPS) is 11.1. The zero-order valence-corrected chi connectivity index (χ0v) is 13.9. The molecule has 0 aliphatic carbocycles. The van der Waals surface area contributed by atoms with Gasteiger partial charge in [-0.3, -0.25) is 4.57 Å². The molecule has 0 amide bonds. The Kier molecular flexibility index (Phi) is 4.02. The third-order valence-corrected chi connectivity index (χ3v) is 4.54. The maximum atomic E-state index is 5.21. The number of nitrogens with zero attached hydrogens (tertiary/aromatic N) is 4. The Morgan fingerprint density at radius 2 is 1.95 bits per heavy atom. The molecule has 0 saturated heterocycles. The van der Waals surface area contributed by atoms with Crippen molar-refractivity contribution < 1.29 is 4.52 Å². The average molecular weight is 314 g/mol. The van der Waals surface area contributed by atoms with E-state index in [2.05, 4.69) is 45.0 Å². The van der Waals surface area contributed by atoms with E-state index >= 15 is 0 Å². The Labute approximate surface area is 133 Å². The molecule has 6 heteroatoms. The molecule has 0 unspecified atom stereocenters. The van der Waals surface area contributed by atoms with E-state index in [1.807, 2.05) is 26.8 Å². The molecule has 1 aromatic carbocycles. The first-order valence-corrected chi connectivity index (χ1v) is 8.08. The Hall–Kier alpha value is -2.08. The number of benzene rings is 1. The lowest BCUT2D eigenvalue weighted by atomic mass is 10.2. The van der Waals surface area contributed by atoms with E-state index in [0.717, 1.165) is 39.4 Å². The summed E-state index contributed by atoms with van der Waals surface area (Å²) in [6.07, 6.45) is 0. The molecule has 0 saturated carbocycles. The molecule has 0 fully saturated rings. The second kappa shape index (κ2) is 5.96. The molecule has 0 aliphatic heterocycles. The Bertz CT molecular complexity index is 787. The highest BCUT2D eigenvalue weighted by Crippen LogP contribution is 2.27. The minimum absolute atomic E-state index is 0.769. The maximum Gasteiger partial charge on any atom is 0.196 e. The van der Waals surface area contributed by atoms with Crippen LogP contribution in [0.3, 0.4) is 0 Å². The summed E-state index contributed by atoms with van der Waals surface area (Å²) in [6.45, 7) is 7.95. The fourth-order valence-corrected chi connectivity index (χ4v) is 3.50. The standard InChI is InChI=1S/C16H18N4OS/c1-10-6-5-7-14(8-10)20-13(4)17-18-16(20)22-9-15-11(2)19-21-12(15)3/h5-8H,9H2,1-4H3. The molecular weight excluding hydrogens is 296 g/mol. The second-order valence-corrected chi connectivity index (χ2v) is 6.24. The van der Waals surface area contributed by atoms with Gasteiger partial charge in [0.2, 0.25) is 0 Å². The van der Waals surface area contributed by atoms with Crippen LogP contribution >= 0.6 is 11.8 Å². The van der Waals surface area contributed by atoms with Crippen molar-refractivity contribution in [1.29, 1.82) is 0 Å². The molecule has 0 radical (unpaired) electrons. The number of aromatic nitrogens is 4. The van der Waals surface area contributed by atoms with Crippen LogP contribution in [0.4, 0.5) is 0 Å². The average Bonchev–Trinajstić information content (AvgIpc) is 3.00. The summed E-state index contributed by atoms with van der Waals surface area (Å²) in [5, 5.41) is 13.4. The van der Waals surface area contributed by atoms with Crippen LogP contribution in [0.2, 0.25) is 0 Å². The summed E-state index contributed by atoms with van der Waals surface area (Å²) in [7, 11) is 0. The van der Waals surface area contributed by atoms with Gasteiger partial charge >= 0.3 is 0 Å². The number of thioether (sulfide) groups is 1. The highest BCUT2D eigenvalue weighted by Gasteiger charge is 2.15. The summed E-state index contributed by atoms with van der Waals surface area (Å²) in [5.41, 5.74) is 4.36. The smallest absolute Gasteiger partial charge is 0.196 e. The van der Waals surface area contributed by atoms with Crippen LogP contribution in [-0.2, 0) is 5.75 Å². The summed E-state index contributed by atoms with van der Waals surface area (Å²) in [6, 6.07) is 8.34. The van der Waals surface area contributed by atoms with E-state index < -0.39 is 0 Å². The third-order valence-electron chi connectivity index (χ3n) is 3.58. The van der Waals surface area contributed by atoms with Crippen molar-refractivity contribution in [2.45, 2.75) is 38.6 Å². The quantitative estimate of drug-likeness (QED) is 0.686. The number of hydrogen-bond acceptors (Lipinski definition) is 5.